The fourth-order valence-electron chi connectivity index (χ4n) is 2.64. The summed E-state index contributed by atoms with van der Waals surface area (Å²) in [5.74, 6) is 2.66. The minimum atomic E-state index is 0.343. The van der Waals surface area contributed by atoms with Crippen molar-refractivity contribution >= 4 is 5.65 Å². The monoisotopic (exact) mass is 299 g/mol. The van der Waals surface area contributed by atoms with Crippen LogP contribution in [0.3, 0.4) is 0 Å². The van der Waals surface area contributed by atoms with E-state index in [1.54, 1.807) is 9.20 Å². The van der Waals surface area contributed by atoms with E-state index in [9.17, 15) is 0 Å². The number of aromatic nitrogens is 7. The summed E-state index contributed by atoms with van der Waals surface area (Å²) in [7, 11) is 1.85. The van der Waals surface area contributed by atoms with Gasteiger partial charge in [-0.1, -0.05) is 6.42 Å². The average Bonchev–Trinajstić information content (AvgIpc) is 3.01. The SMILES string of the molecule is Cc1nnc2cc(C3CCC3)c(OCc3ncnn3C)nn12. The van der Waals surface area contributed by atoms with Gasteiger partial charge in [0.1, 0.15) is 12.9 Å². The van der Waals surface area contributed by atoms with E-state index in [0.29, 0.717) is 18.4 Å². The van der Waals surface area contributed by atoms with Crippen LogP contribution in [0.15, 0.2) is 12.4 Å². The van der Waals surface area contributed by atoms with Gasteiger partial charge in [-0.2, -0.15) is 9.61 Å². The third kappa shape index (κ3) is 2.11. The first kappa shape index (κ1) is 13.2. The highest BCUT2D eigenvalue weighted by molar-refractivity contribution is 5.45. The lowest BCUT2D eigenvalue weighted by Crippen LogP contribution is -2.14. The van der Waals surface area contributed by atoms with E-state index >= 15 is 0 Å². The van der Waals surface area contributed by atoms with Crippen molar-refractivity contribution < 1.29 is 4.74 Å². The van der Waals surface area contributed by atoms with Gasteiger partial charge in [-0.25, -0.2) is 4.98 Å². The van der Waals surface area contributed by atoms with E-state index in [2.05, 4.69) is 25.4 Å². The lowest BCUT2D eigenvalue weighted by Gasteiger charge is -2.26. The molecule has 0 saturated heterocycles. The number of fused-ring (bicyclic) bond motifs is 1. The van der Waals surface area contributed by atoms with Gasteiger partial charge in [0.25, 0.3) is 0 Å². The fraction of sp³-hybridized carbons (Fsp3) is 0.500. The molecule has 0 radical (unpaired) electrons. The van der Waals surface area contributed by atoms with Crippen LogP contribution in [0, 0.1) is 6.92 Å². The molecule has 0 aliphatic heterocycles. The summed E-state index contributed by atoms with van der Waals surface area (Å²) in [4.78, 5) is 4.18. The standard InChI is InChI=1S/C14H17N7O/c1-9-17-18-12-6-11(10-4-3-5-10)14(19-21(9)12)22-7-13-15-8-16-20(13)2/h6,8,10H,3-5,7H2,1-2H3. The summed E-state index contributed by atoms with van der Waals surface area (Å²) >= 11 is 0. The Morgan fingerprint density at radius 2 is 2.18 bits per heavy atom. The highest BCUT2D eigenvalue weighted by Gasteiger charge is 2.25. The van der Waals surface area contributed by atoms with Crippen molar-refractivity contribution in [2.75, 3.05) is 0 Å². The Morgan fingerprint density at radius 1 is 1.32 bits per heavy atom. The Balaban J connectivity index is 1.70. The van der Waals surface area contributed by atoms with Crippen molar-refractivity contribution in [1.82, 2.24) is 34.6 Å². The van der Waals surface area contributed by atoms with Crippen molar-refractivity contribution in [1.29, 1.82) is 0 Å². The summed E-state index contributed by atoms with van der Waals surface area (Å²) in [5, 5.41) is 16.9. The molecule has 0 amide bonds. The average molecular weight is 299 g/mol. The molecule has 0 bridgehead atoms. The normalized spacial score (nSPS) is 15.2. The molecule has 0 unspecified atom stereocenters. The fourth-order valence-corrected chi connectivity index (χ4v) is 2.64. The molecular weight excluding hydrogens is 282 g/mol. The number of nitrogens with zero attached hydrogens (tertiary/aromatic N) is 7. The molecule has 0 spiro atoms. The Bertz CT molecular complexity index is 818. The molecule has 114 valence electrons. The molecule has 1 saturated carbocycles. The second kappa shape index (κ2) is 5.04. The minimum absolute atomic E-state index is 0.343. The van der Waals surface area contributed by atoms with E-state index in [4.69, 9.17) is 4.74 Å². The zero-order valence-corrected chi connectivity index (χ0v) is 12.6. The highest BCUT2D eigenvalue weighted by atomic mass is 16.5. The van der Waals surface area contributed by atoms with Gasteiger partial charge in [-0.3, -0.25) is 4.68 Å². The van der Waals surface area contributed by atoms with Crippen LogP contribution in [0.4, 0.5) is 0 Å². The number of ether oxygens (including phenoxy) is 1. The first-order valence-electron chi connectivity index (χ1n) is 7.41. The Morgan fingerprint density at radius 3 is 2.86 bits per heavy atom. The maximum atomic E-state index is 5.94. The summed E-state index contributed by atoms with van der Waals surface area (Å²) in [6.45, 7) is 2.22. The van der Waals surface area contributed by atoms with Crippen molar-refractivity contribution in [3.05, 3.63) is 29.6 Å². The van der Waals surface area contributed by atoms with Crippen LogP contribution in [-0.2, 0) is 13.7 Å². The Hall–Kier alpha value is -2.51. The van der Waals surface area contributed by atoms with Crippen LogP contribution in [-0.4, -0.2) is 34.6 Å². The van der Waals surface area contributed by atoms with Crippen LogP contribution in [0.25, 0.3) is 5.65 Å². The lowest BCUT2D eigenvalue weighted by atomic mass is 9.80. The molecule has 1 fully saturated rings. The van der Waals surface area contributed by atoms with Gasteiger partial charge in [-0.05, 0) is 31.7 Å². The van der Waals surface area contributed by atoms with Gasteiger partial charge >= 0.3 is 0 Å². The van der Waals surface area contributed by atoms with Crippen LogP contribution >= 0.6 is 0 Å². The van der Waals surface area contributed by atoms with E-state index in [1.807, 2.05) is 20.0 Å². The van der Waals surface area contributed by atoms with Gasteiger partial charge in [-0.15, -0.1) is 15.3 Å². The highest BCUT2D eigenvalue weighted by Crippen LogP contribution is 2.40. The van der Waals surface area contributed by atoms with Crippen molar-refractivity contribution in [3.63, 3.8) is 0 Å². The predicted molar refractivity (Wildman–Crippen MR) is 77.4 cm³/mol. The van der Waals surface area contributed by atoms with Crippen molar-refractivity contribution in [2.45, 2.75) is 38.7 Å². The van der Waals surface area contributed by atoms with Crippen LogP contribution < -0.4 is 4.74 Å². The van der Waals surface area contributed by atoms with E-state index < -0.39 is 0 Å². The van der Waals surface area contributed by atoms with Gasteiger partial charge in [0.05, 0.1) is 0 Å². The molecule has 4 rings (SSSR count). The van der Waals surface area contributed by atoms with E-state index in [0.717, 1.165) is 22.9 Å². The number of hydrogen-bond donors (Lipinski definition) is 0. The van der Waals surface area contributed by atoms with Gasteiger partial charge in [0.2, 0.25) is 5.88 Å². The summed E-state index contributed by atoms with van der Waals surface area (Å²) in [6, 6.07) is 2.04. The molecule has 0 atom stereocenters. The first-order valence-corrected chi connectivity index (χ1v) is 7.41. The number of aryl methyl sites for hydroxylation is 2. The largest absolute Gasteiger partial charge is 0.468 e. The molecule has 3 aromatic rings. The van der Waals surface area contributed by atoms with Crippen LogP contribution in [0.1, 0.15) is 42.4 Å². The Kier molecular flexibility index (Phi) is 3.02. The quantitative estimate of drug-likeness (QED) is 0.724. The molecule has 3 aromatic heterocycles. The van der Waals surface area contributed by atoms with Gasteiger partial charge in [0.15, 0.2) is 17.3 Å². The van der Waals surface area contributed by atoms with Gasteiger partial charge < -0.3 is 4.74 Å². The molecule has 3 heterocycles. The van der Waals surface area contributed by atoms with Crippen LogP contribution in [0.5, 0.6) is 5.88 Å². The Labute approximate surface area is 127 Å². The third-order valence-corrected chi connectivity index (χ3v) is 4.23. The molecule has 1 aliphatic rings. The van der Waals surface area contributed by atoms with Crippen LogP contribution in [0.2, 0.25) is 0 Å². The van der Waals surface area contributed by atoms with Crippen molar-refractivity contribution in [2.24, 2.45) is 7.05 Å². The zero-order valence-electron chi connectivity index (χ0n) is 12.6. The molecule has 8 heteroatoms. The second-order valence-corrected chi connectivity index (χ2v) is 5.64. The molecular formula is C14H17N7O. The molecule has 0 aromatic carbocycles. The zero-order chi connectivity index (χ0) is 15.1. The molecule has 0 N–H and O–H groups in total. The number of hydrogen-bond acceptors (Lipinski definition) is 6. The topological polar surface area (TPSA) is 83.0 Å². The third-order valence-electron chi connectivity index (χ3n) is 4.23. The minimum Gasteiger partial charge on any atom is -0.468 e. The maximum absolute atomic E-state index is 5.94. The van der Waals surface area contributed by atoms with Crippen molar-refractivity contribution in [3.8, 4) is 5.88 Å². The van der Waals surface area contributed by atoms with E-state index in [1.165, 1.54) is 25.6 Å². The summed E-state index contributed by atoms with van der Waals surface area (Å²) in [5.41, 5.74) is 1.89. The second-order valence-electron chi connectivity index (χ2n) is 5.64. The number of rotatable bonds is 4. The maximum Gasteiger partial charge on any atom is 0.235 e. The predicted octanol–water partition coefficient (Wildman–Crippen LogP) is 1.41. The molecule has 22 heavy (non-hydrogen) atoms. The molecule has 1 aliphatic carbocycles. The lowest BCUT2D eigenvalue weighted by molar-refractivity contribution is 0.263. The smallest absolute Gasteiger partial charge is 0.235 e. The first-order chi connectivity index (χ1) is 10.7. The van der Waals surface area contributed by atoms with E-state index in [-0.39, 0.29) is 0 Å². The summed E-state index contributed by atoms with van der Waals surface area (Å²) < 4.78 is 9.36. The molecule has 8 nitrogen and oxygen atoms in total. The van der Waals surface area contributed by atoms with Gasteiger partial charge in [0, 0.05) is 12.6 Å². The summed E-state index contributed by atoms with van der Waals surface area (Å²) in [6.07, 6.45) is 5.12.